The van der Waals surface area contributed by atoms with Gasteiger partial charge in [0.05, 0.1) is 0 Å². The van der Waals surface area contributed by atoms with Crippen molar-refractivity contribution in [3.8, 4) is 0 Å². The standard InChI is InChI=1S/C13H18N4O/c1-16(2)13(18)11-5-6-12(15-14-11)17-8-9-3-4-10(17)7-9/h5-6,9-10H,3-4,7-8H2,1-2H3/t9-,10-/m0/s1. The lowest BCUT2D eigenvalue weighted by Gasteiger charge is -2.27. The summed E-state index contributed by atoms with van der Waals surface area (Å²) >= 11 is 0. The van der Waals surface area contributed by atoms with Crippen molar-refractivity contribution in [2.24, 2.45) is 5.92 Å². The second-order valence-electron chi connectivity index (χ2n) is 5.46. The first-order valence-electron chi connectivity index (χ1n) is 6.47. The topological polar surface area (TPSA) is 49.3 Å². The zero-order chi connectivity index (χ0) is 12.7. The average Bonchev–Trinajstić information content (AvgIpc) is 3.00. The van der Waals surface area contributed by atoms with E-state index < -0.39 is 0 Å². The van der Waals surface area contributed by atoms with Gasteiger partial charge in [0.1, 0.15) is 0 Å². The fourth-order valence-electron chi connectivity index (χ4n) is 3.03. The molecule has 0 N–H and O–H groups in total. The lowest BCUT2D eigenvalue weighted by Crippen LogP contribution is -2.33. The molecule has 2 atom stereocenters. The third kappa shape index (κ3) is 1.83. The van der Waals surface area contributed by atoms with Crippen LogP contribution in [-0.4, -0.2) is 47.7 Å². The molecule has 2 heterocycles. The van der Waals surface area contributed by atoms with Crippen LogP contribution in [0.15, 0.2) is 12.1 Å². The molecular weight excluding hydrogens is 228 g/mol. The molecule has 0 radical (unpaired) electrons. The van der Waals surface area contributed by atoms with Gasteiger partial charge in [-0.05, 0) is 37.3 Å². The molecule has 2 fully saturated rings. The van der Waals surface area contributed by atoms with Gasteiger partial charge in [0, 0.05) is 26.7 Å². The zero-order valence-electron chi connectivity index (χ0n) is 10.8. The van der Waals surface area contributed by atoms with Crippen molar-refractivity contribution in [3.63, 3.8) is 0 Å². The molecule has 1 aromatic heterocycles. The van der Waals surface area contributed by atoms with E-state index in [0.717, 1.165) is 18.3 Å². The Kier molecular flexibility index (Phi) is 2.69. The number of piperidine rings is 1. The van der Waals surface area contributed by atoms with Crippen LogP contribution in [0.4, 0.5) is 5.82 Å². The molecule has 5 nitrogen and oxygen atoms in total. The Morgan fingerprint density at radius 1 is 1.33 bits per heavy atom. The van der Waals surface area contributed by atoms with Crippen molar-refractivity contribution in [2.45, 2.75) is 25.3 Å². The smallest absolute Gasteiger partial charge is 0.273 e. The number of carbonyl (C=O) groups excluding carboxylic acids is 1. The Morgan fingerprint density at radius 3 is 2.67 bits per heavy atom. The lowest BCUT2D eigenvalue weighted by atomic mass is 10.1. The van der Waals surface area contributed by atoms with Crippen LogP contribution in [0.5, 0.6) is 0 Å². The normalized spacial score (nSPS) is 25.6. The van der Waals surface area contributed by atoms with Crippen molar-refractivity contribution < 1.29 is 4.79 Å². The van der Waals surface area contributed by atoms with Crippen LogP contribution in [-0.2, 0) is 0 Å². The van der Waals surface area contributed by atoms with E-state index in [4.69, 9.17) is 0 Å². The summed E-state index contributed by atoms with van der Waals surface area (Å²) in [7, 11) is 3.44. The van der Waals surface area contributed by atoms with Crippen molar-refractivity contribution >= 4 is 11.7 Å². The maximum Gasteiger partial charge on any atom is 0.273 e. The van der Waals surface area contributed by atoms with Gasteiger partial charge in [-0.2, -0.15) is 0 Å². The van der Waals surface area contributed by atoms with Crippen molar-refractivity contribution in [1.82, 2.24) is 15.1 Å². The summed E-state index contributed by atoms with van der Waals surface area (Å²) in [5.74, 6) is 1.65. The summed E-state index contributed by atoms with van der Waals surface area (Å²) in [5, 5.41) is 8.26. The molecule has 0 unspecified atom stereocenters. The van der Waals surface area contributed by atoms with Gasteiger partial charge in [-0.3, -0.25) is 4.79 Å². The van der Waals surface area contributed by atoms with Gasteiger partial charge in [-0.15, -0.1) is 10.2 Å². The molecule has 18 heavy (non-hydrogen) atoms. The fourth-order valence-corrected chi connectivity index (χ4v) is 3.03. The average molecular weight is 246 g/mol. The number of amides is 1. The minimum absolute atomic E-state index is 0.100. The summed E-state index contributed by atoms with van der Waals surface area (Å²) in [5.41, 5.74) is 0.410. The van der Waals surface area contributed by atoms with E-state index >= 15 is 0 Å². The van der Waals surface area contributed by atoms with E-state index in [1.54, 1.807) is 20.2 Å². The quantitative estimate of drug-likeness (QED) is 0.786. The first-order valence-corrected chi connectivity index (χ1v) is 6.47. The molecule has 1 aromatic rings. The second-order valence-corrected chi connectivity index (χ2v) is 5.46. The Labute approximate surface area is 107 Å². The van der Waals surface area contributed by atoms with Gasteiger partial charge in [0.15, 0.2) is 11.5 Å². The molecule has 0 aromatic carbocycles. The van der Waals surface area contributed by atoms with Gasteiger partial charge in [0.2, 0.25) is 0 Å². The summed E-state index contributed by atoms with van der Waals surface area (Å²) in [6.07, 6.45) is 3.91. The molecule has 1 saturated heterocycles. The number of aromatic nitrogens is 2. The summed E-state index contributed by atoms with van der Waals surface area (Å²) < 4.78 is 0. The largest absolute Gasteiger partial charge is 0.352 e. The van der Waals surface area contributed by atoms with Crippen LogP contribution >= 0.6 is 0 Å². The van der Waals surface area contributed by atoms with Crippen LogP contribution in [0, 0.1) is 5.92 Å². The minimum Gasteiger partial charge on any atom is -0.352 e. The van der Waals surface area contributed by atoms with Crippen LogP contribution in [0.1, 0.15) is 29.8 Å². The summed E-state index contributed by atoms with van der Waals surface area (Å²) in [6, 6.07) is 4.33. The van der Waals surface area contributed by atoms with Crippen molar-refractivity contribution in [3.05, 3.63) is 17.8 Å². The predicted molar refractivity (Wildman–Crippen MR) is 68.5 cm³/mol. The van der Waals surface area contributed by atoms with E-state index in [2.05, 4.69) is 15.1 Å². The summed E-state index contributed by atoms with van der Waals surface area (Å²) in [6.45, 7) is 1.10. The first-order chi connectivity index (χ1) is 8.65. The van der Waals surface area contributed by atoms with E-state index in [1.807, 2.05) is 6.07 Å². The molecule has 1 amide bonds. The zero-order valence-corrected chi connectivity index (χ0v) is 10.8. The Morgan fingerprint density at radius 2 is 2.17 bits per heavy atom. The molecular formula is C13H18N4O. The number of hydrogen-bond acceptors (Lipinski definition) is 4. The van der Waals surface area contributed by atoms with E-state index in [1.165, 1.54) is 24.2 Å². The van der Waals surface area contributed by atoms with Crippen LogP contribution < -0.4 is 4.90 Å². The lowest BCUT2D eigenvalue weighted by molar-refractivity contribution is 0.0821. The molecule has 1 saturated carbocycles. The highest BCUT2D eigenvalue weighted by molar-refractivity contribution is 5.91. The predicted octanol–water partition coefficient (Wildman–Crippen LogP) is 1.17. The summed E-state index contributed by atoms with van der Waals surface area (Å²) in [4.78, 5) is 15.6. The minimum atomic E-state index is -0.100. The van der Waals surface area contributed by atoms with Crippen molar-refractivity contribution in [1.29, 1.82) is 0 Å². The second kappa shape index (κ2) is 4.23. The molecule has 96 valence electrons. The number of nitrogens with zero attached hydrogens (tertiary/aromatic N) is 4. The van der Waals surface area contributed by atoms with Crippen molar-refractivity contribution in [2.75, 3.05) is 25.5 Å². The van der Waals surface area contributed by atoms with Crippen LogP contribution in [0.25, 0.3) is 0 Å². The van der Waals surface area contributed by atoms with Gasteiger partial charge >= 0.3 is 0 Å². The van der Waals surface area contributed by atoms with E-state index in [0.29, 0.717) is 11.7 Å². The molecule has 3 rings (SSSR count). The molecule has 5 heteroatoms. The molecule has 0 spiro atoms. The Bertz CT molecular complexity index is 457. The highest BCUT2D eigenvalue weighted by Crippen LogP contribution is 2.39. The Balaban J connectivity index is 1.77. The highest BCUT2D eigenvalue weighted by atomic mass is 16.2. The maximum atomic E-state index is 11.7. The maximum absolute atomic E-state index is 11.7. The van der Waals surface area contributed by atoms with Crippen LogP contribution in [0.2, 0.25) is 0 Å². The molecule has 2 bridgehead atoms. The van der Waals surface area contributed by atoms with E-state index in [-0.39, 0.29) is 5.91 Å². The number of carbonyl (C=O) groups is 1. The monoisotopic (exact) mass is 246 g/mol. The van der Waals surface area contributed by atoms with Gasteiger partial charge < -0.3 is 9.80 Å². The number of fused-ring (bicyclic) bond motifs is 2. The van der Waals surface area contributed by atoms with E-state index in [9.17, 15) is 4.79 Å². The van der Waals surface area contributed by atoms with Gasteiger partial charge in [-0.25, -0.2) is 0 Å². The molecule has 2 aliphatic rings. The number of anilines is 1. The third-order valence-electron chi connectivity index (χ3n) is 3.98. The number of rotatable bonds is 2. The number of hydrogen-bond donors (Lipinski definition) is 0. The van der Waals surface area contributed by atoms with Gasteiger partial charge in [-0.1, -0.05) is 0 Å². The fraction of sp³-hybridized carbons (Fsp3) is 0.615. The SMILES string of the molecule is CN(C)C(=O)c1ccc(N2C[C@H]3CC[C@H]2C3)nn1. The molecule has 1 aliphatic carbocycles. The highest BCUT2D eigenvalue weighted by Gasteiger charge is 2.38. The molecule has 1 aliphatic heterocycles. The first kappa shape index (κ1) is 11.4. The third-order valence-corrected chi connectivity index (χ3v) is 3.98. The van der Waals surface area contributed by atoms with Crippen LogP contribution in [0.3, 0.4) is 0 Å². The van der Waals surface area contributed by atoms with Gasteiger partial charge in [0.25, 0.3) is 5.91 Å². The Hall–Kier alpha value is -1.65.